The van der Waals surface area contributed by atoms with E-state index in [9.17, 15) is 5.11 Å². The quantitative estimate of drug-likeness (QED) is 0.155. The van der Waals surface area contributed by atoms with E-state index < -0.39 is 13.3 Å². The Morgan fingerprint density at radius 1 is 0.578 bits per heavy atom. The zero-order chi connectivity index (χ0) is 30.2. The van der Waals surface area contributed by atoms with Gasteiger partial charge in [-0.25, -0.2) is 0 Å². The molecule has 0 aliphatic carbocycles. The van der Waals surface area contributed by atoms with Gasteiger partial charge >= 0.3 is 0 Å². The highest BCUT2D eigenvalue weighted by atomic mass is 31.1. The van der Waals surface area contributed by atoms with E-state index in [1.54, 1.807) is 0 Å². The van der Waals surface area contributed by atoms with Gasteiger partial charge in [-0.1, -0.05) is 146 Å². The Morgan fingerprint density at radius 3 is 1.82 bits per heavy atom. The second-order valence-corrected chi connectivity index (χ2v) is 13.9. The molecule has 2 unspecified atom stereocenters. The van der Waals surface area contributed by atoms with Gasteiger partial charge in [0.05, 0.1) is 16.6 Å². The molecule has 0 bridgehead atoms. The van der Waals surface area contributed by atoms with Crippen LogP contribution >= 0.6 is 7.92 Å². The number of para-hydroxylation sites is 2. The molecule has 1 heterocycles. The van der Waals surface area contributed by atoms with E-state index >= 15 is 0 Å². The number of aromatic hydroxyl groups is 1. The van der Waals surface area contributed by atoms with Crippen LogP contribution < -0.4 is 5.30 Å². The summed E-state index contributed by atoms with van der Waals surface area (Å²) < 4.78 is 0. The van der Waals surface area contributed by atoms with Crippen molar-refractivity contribution >= 4 is 45.9 Å². The zero-order valence-electron chi connectivity index (χ0n) is 24.8. The van der Waals surface area contributed by atoms with E-state index in [2.05, 4.69) is 146 Å². The van der Waals surface area contributed by atoms with Gasteiger partial charge in [-0.15, -0.1) is 0 Å². The maximum atomic E-state index is 12.6. The Balaban J connectivity index is 1.44. The topological polar surface area (TPSA) is 32.6 Å². The van der Waals surface area contributed by atoms with Gasteiger partial charge in [-0.05, 0) is 71.1 Å². The minimum atomic E-state index is -0.756. The van der Waals surface area contributed by atoms with Crippen molar-refractivity contribution in [2.24, 2.45) is 4.99 Å². The lowest BCUT2D eigenvalue weighted by Gasteiger charge is -2.34. The van der Waals surface area contributed by atoms with Crippen molar-refractivity contribution in [3.63, 3.8) is 0 Å². The minimum Gasteiger partial charge on any atom is -0.507 e. The molecule has 2 atom stereocenters. The van der Waals surface area contributed by atoms with Crippen LogP contribution in [-0.4, -0.2) is 16.7 Å². The lowest BCUT2D eigenvalue weighted by atomic mass is 9.72. The molecule has 1 saturated heterocycles. The molecule has 0 aromatic heterocycles. The highest BCUT2D eigenvalue weighted by Crippen LogP contribution is 2.60. The average Bonchev–Trinajstić information content (AvgIpc) is 3.48. The van der Waals surface area contributed by atoms with Crippen LogP contribution in [0.15, 0.2) is 169 Å². The van der Waals surface area contributed by atoms with Crippen molar-refractivity contribution in [2.75, 3.05) is 6.16 Å². The predicted octanol–water partition coefficient (Wildman–Crippen LogP) is 10.6. The highest BCUT2D eigenvalue weighted by Gasteiger charge is 2.50. The van der Waals surface area contributed by atoms with Crippen LogP contribution in [0.25, 0.3) is 32.7 Å². The first kappa shape index (κ1) is 27.5. The summed E-state index contributed by atoms with van der Waals surface area (Å²) in [6.45, 7) is 0. The molecule has 1 fully saturated rings. The summed E-state index contributed by atoms with van der Waals surface area (Å²) in [7, 11) is -0.756. The van der Waals surface area contributed by atoms with E-state index in [-0.39, 0.29) is 0 Å². The second kappa shape index (κ2) is 11.5. The Kier molecular flexibility index (Phi) is 7.01. The first-order chi connectivity index (χ1) is 22.2. The van der Waals surface area contributed by atoms with Crippen LogP contribution in [-0.2, 0) is 5.41 Å². The van der Waals surface area contributed by atoms with Crippen LogP contribution in [0.4, 0.5) is 5.69 Å². The molecule has 0 amide bonds. The van der Waals surface area contributed by atoms with Crippen LogP contribution in [0.5, 0.6) is 5.75 Å². The maximum Gasteiger partial charge on any atom is 0.127 e. The molecular formula is C42H32NOP. The summed E-state index contributed by atoms with van der Waals surface area (Å²) in [4.78, 5) is 5.50. The van der Waals surface area contributed by atoms with Crippen molar-refractivity contribution < 1.29 is 5.11 Å². The number of fused-ring (bicyclic) bond motifs is 2. The Morgan fingerprint density at radius 2 is 1.16 bits per heavy atom. The lowest BCUT2D eigenvalue weighted by Crippen LogP contribution is -2.33. The van der Waals surface area contributed by atoms with E-state index in [1.165, 1.54) is 5.30 Å². The molecule has 216 valence electrons. The van der Waals surface area contributed by atoms with E-state index in [0.717, 1.165) is 67.5 Å². The molecule has 2 nitrogen and oxygen atoms in total. The van der Waals surface area contributed by atoms with Crippen LogP contribution in [0.3, 0.4) is 0 Å². The second-order valence-electron chi connectivity index (χ2n) is 11.7. The number of nitrogens with zero attached hydrogens (tertiary/aromatic N) is 1. The van der Waals surface area contributed by atoms with Crippen LogP contribution in [0.1, 0.15) is 17.5 Å². The monoisotopic (exact) mass is 597 g/mol. The number of hydrogen-bond acceptors (Lipinski definition) is 2. The molecule has 1 aliphatic heterocycles. The number of phenols is 1. The fourth-order valence-electron chi connectivity index (χ4n) is 7.17. The zero-order valence-corrected chi connectivity index (χ0v) is 25.7. The first-order valence-corrected chi connectivity index (χ1v) is 17.0. The van der Waals surface area contributed by atoms with Crippen molar-refractivity contribution in [3.05, 3.63) is 175 Å². The minimum absolute atomic E-state index is 0.327. The SMILES string of the molecule is Oc1c(-c2c3ccccc3cc3ccccc23)cccc1C1(c2ccccc2)CCP(c2ccccc2)C1=Nc1ccccc1. The summed E-state index contributed by atoms with van der Waals surface area (Å²) in [5.41, 5.74) is 5.47. The molecule has 0 spiro atoms. The van der Waals surface area contributed by atoms with Gasteiger partial charge in [0.1, 0.15) is 5.75 Å². The largest absolute Gasteiger partial charge is 0.507 e. The average molecular weight is 598 g/mol. The van der Waals surface area contributed by atoms with Gasteiger partial charge < -0.3 is 5.11 Å². The molecule has 7 aromatic rings. The third kappa shape index (κ3) is 4.65. The van der Waals surface area contributed by atoms with Gasteiger partial charge in [-0.3, -0.25) is 4.99 Å². The van der Waals surface area contributed by atoms with Crippen LogP contribution in [0.2, 0.25) is 0 Å². The number of hydrogen-bond donors (Lipinski definition) is 1. The number of benzene rings is 7. The molecule has 1 aliphatic rings. The van der Waals surface area contributed by atoms with E-state index in [0.29, 0.717) is 5.75 Å². The Bertz CT molecular complexity index is 2120. The molecule has 8 rings (SSSR count). The molecule has 3 heteroatoms. The van der Waals surface area contributed by atoms with Gasteiger partial charge in [0.15, 0.2) is 0 Å². The summed E-state index contributed by atoms with van der Waals surface area (Å²) in [6.07, 6.45) is 1.84. The van der Waals surface area contributed by atoms with Gasteiger partial charge in [0.2, 0.25) is 0 Å². The third-order valence-electron chi connectivity index (χ3n) is 9.21. The number of aliphatic imine (C=N–C) groups is 1. The number of phenolic OH excluding ortho intramolecular Hbond substituents is 1. The maximum absolute atomic E-state index is 12.6. The third-order valence-corrected chi connectivity index (χ3v) is 11.8. The van der Waals surface area contributed by atoms with Gasteiger partial charge in [0.25, 0.3) is 0 Å². The normalized spacial score (nSPS) is 18.9. The van der Waals surface area contributed by atoms with Crippen LogP contribution in [0, 0.1) is 0 Å². The summed E-state index contributed by atoms with van der Waals surface area (Å²) in [5.74, 6) is 0.327. The molecule has 1 N–H and O–H groups in total. The molecule has 45 heavy (non-hydrogen) atoms. The van der Waals surface area contributed by atoms with Gasteiger partial charge in [-0.2, -0.15) is 0 Å². The van der Waals surface area contributed by atoms with Crippen molar-refractivity contribution in [1.82, 2.24) is 0 Å². The fraction of sp³-hybridized carbons (Fsp3) is 0.0714. The van der Waals surface area contributed by atoms with Crippen molar-refractivity contribution in [1.29, 1.82) is 0 Å². The highest BCUT2D eigenvalue weighted by molar-refractivity contribution is 7.82. The lowest BCUT2D eigenvalue weighted by molar-refractivity contribution is 0.460. The molecule has 0 radical (unpaired) electrons. The van der Waals surface area contributed by atoms with Crippen molar-refractivity contribution in [3.8, 4) is 16.9 Å². The molecule has 7 aromatic carbocycles. The Hall–Kier alpha value is -5.04. The smallest absolute Gasteiger partial charge is 0.127 e. The summed E-state index contributed by atoms with van der Waals surface area (Å²) in [5, 5.41) is 18.5. The molecular weight excluding hydrogens is 565 g/mol. The van der Waals surface area contributed by atoms with Gasteiger partial charge in [0, 0.05) is 16.7 Å². The predicted molar refractivity (Wildman–Crippen MR) is 192 cm³/mol. The van der Waals surface area contributed by atoms with E-state index in [1.807, 2.05) is 18.2 Å². The number of rotatable bonds is 5. The first-order valence-electron chi connectivity index (χ1n) is 15.5. The Labute approximate surface area is 265 Å². The van der Waals surface area contributed by atoms with E-state index in [4.69, 9.17) is 4.99 Å². The summed E-state index contributed by atoms with van der Waals surface area (Å²) >= 11 is 0. The summed E-state index contributed by atoms with van der Waals surface area (Å²) in [6, 6.07) is 57.4. The fourth-order valence-corrected chi connectivity index (χ4v) is 10.0. The van der Waals surface area contributed by atoms with Crippen molar-refractivity contribution in [2.45, 2.75) is 11.8 Å². The standard InChI is InChI=1S/C42H32NOP/c44-40-37(39-35-23-12-10-15-30(35)29-31-16-11-13-24-36(31)39)25-14-26-38(40)42(32-17-4-1-5-18-32)27-28-45(34-21-8-3-9-22-34)41(42)43-33-19-6-2-7-20-33/h1-26,29,44H,27-28H2. The molecule has 0 saturated carbocycles.